The Bertz CT molecular complexity index is 718. The molecule has 1 aromatic heterocycles. The lowest BCUT2D eigenvalue weighted by Gasteiger charge is -2.12. The van der Waals surface area contributed by atoms with E-state index in [2.05, 4.69) is 29.2 Å². The van der Waals surface area contributed by atoms with E-state index in [0.29, 0.717) is 6.42 Å². The maximum Gasteiger partial charge on any atom is 0.108 e. The van der Waals surface area contributed by atoms with Gasteiger partial charge in [0.15, 0.2) is 0 Å². The van der Waals surface area contributed by atoms with Crippen LogP contribution in [0.3, 0.4) is 0 Å². The fourth-order valence-corrected chi connectivity index (χ4v) is 2.48. The Labute approximate surface area is 118 Å². The van der Waals surface area contributed by atoms with E-state index >= 15 is 0 Å². The summed E-state index contributed by atoms with van der Waals surface area (Å²) in [6.07, 6.45) is 4.73. The Balaban J connectivity index is 1.75. The summed E-state index contributed by atoms with van der Waals surface area (Å²) in [6, 6.07) is 14.3. The van der Waals surface area contributed by atoms with Gasteiger partial charge in [-0.1, -0.05) is 36.4 Å². The molecule has 0 spiro atoms. The quantitative estimate of drug-likeness (QED) is 0.787. The van der Waals surface area contributed by atoms with Gasteiger partial charge in [0.2, 0.25) is 0 Å². The first-order valence-corrected chi connectivity index (χ1v) is 6.87. The van der Waals surface area contributed by atoms with Crippen LogP contribution in [0.4, 0.5) is 0 Å². The number of imidazole rings is 1. The smallest absolute Gasteiger partial charge is 0.108 e. The van der Waals surface area contributed by atoms with E-state index in [-0.39, 0.29) is 0 Å². The summed E-state index contributed by atoms with van der Waals surface area (Å²) in [7, 11) is 1.98. The van der Waals surface area contributed by atoms with Crippen molar-refractivity contribution in [2.75, 3.05) is 0 Å². The number of aliphatic hydroxyl groups is 1. The summed E-state index contributed by atoms with van der Waals surface area (Å²) in [5.74, 6) is 1.00. The van der Waals surface area contributed by atoms with E-state index < -0.39 is 6.10 Å². The molecule has 3 aromatic rings. The van der Waals surface area contributed by atoms with Gasteiger partial charge < -0.3 is 9.67 Å². The van der Waals surface area contributed by atoms with Gasteiger partial charge >= 0.3 is 0 Å². The van der Waals surface area contributed by atoms with Crippen LogP contribution in [-0.2, 0) is 13.5 Å². The van der Waals surface area contributed by atoms with Crippen LogP contribution in [0.2, 0.25) is 0 Å². The lowest BCUT2D eigenvalue weighted by Crippen LogP contribution is -2.03. The van der Waals surface area contributed by atoms with E-state index in [1.807, 2.05) is 36.0 Å². The molecule has 3 heteroatoms. The minimum Gasteiger partial charge on any atom is -0.388 e. The van der Waals surface area contributed by atoms with Crippen molar-refractivity contribution in [3.8, 4) is 0 Å². The van der Waals surface area contributed by atoms with Crippen molar-refractivity contribution in [1.82, 2.24) is 9.55 Å². The van der Waals surface area contributed by atoms with Gasteiger partial charge in [0, 0.05) is 25.9 Å². The van der Waals surface area contributed by atoms with Crippen molar-refractivity contribution in [3.05, 3.63) is 66.2 Å². The third-order valence-corrected chi connectivity index (χ3v) is 3.72. The SMILES string of the molecule is Cn1ccnc1CCC(O)c1ccc2ccccc2c1. The molecule has 3 nitrogen and oxygen atoms in total. The maximum atomic E-state index is 10.3. The fourth-order valence-electron chi connectivity index (χ4n) is 2.48. The molecule has 1 heterocycles. The first kappa shape index (κ1) is 12.9. The molecule has 0 amide bonds. The Kier molecular flexibility index (Phi) is 3.52. The monoisotopic (exact) mass is 266 g/mol. The van der Waals surface area contributed by atoms with Gasteiger partial charge in [0.1, 0.15) is 5.82 Å². The molecule has 2 aromatic carbocycles. The number of aliphatic hydroxyl groups excluding tert-OH is 1. The predicted molar refractivity (Wildman–Crippen MR) is 80.4 cm³/mol. The molecule has 0 aliphatic rings. The maximum absolute atomic E-state index is 10.3. The van der Waals surface area contributed by atoms with Crippen LogP contribution in [0.1, 0.15) is 23.9 Å². The largest absolute Gasteiger partial charge is 0.388 e. The molecule has 0 saturated carbocycles. The zero-order valence-electron chi connectivity index (χ0n) is 11.5. The van der Waals surface area contributed by atoms with E-state index in [9.17, 15) is 5.11 Å². The minimum atomic E-state index is -0.448. The van der Waals surface area contributed by atoms with E-state index in [1.165, 1.54) is 10.8 Å². The third kappa shape index (κ3) is 2.58. The van der Waals surface area contributed by atoms with Crippen molar-refractivity contribution in [2.45, 2.75) is 18.9 Å². The van der Waals surface area contributed by atoms with Crippen LogP contribution < -0.4 is 0 Å². The van der Waals surface area contributed by atoms with Gasteiger partial charge in [0.25, 0.3) is 0 Å². The summed E-state index contributed by atoms with van der Waals surface area (Å²) < 4.78 is 1.99. The number of rotatable bonds is 4. The molecule has 3 rings (SSSR count). The molecule has 1 N–H and O–H groups in total. The first-order chi connectivity index (χ1) is 9.74. The average molecular weight is 266 g/mol. The highest BCUT2D eigenvalue weighted by Crippen LogP contribution is 2.23. The minimum absolute atomic E-state index is 0.448. The summed E-state index contributed by atoms with van der Waals surface area (Å²) >= 11 is 0. The number of aryl methyl sites for hydroxylation is 2. The van der Waals surface area contributed by atoms with Crippen molar-refractivity contribution in [1.29, 1.82) is 0 Å². The van der Waals surface area contributed by atoms with Gasteiger partial charge in [-0.2, -0.15) is 0 Å². The van der Waals surface area contributed by atoms with Crippen LogP contribution in [0, 0.1) is 0 Å². The predicted octanol–water partition coefficient (Wildman–Crippen LogP) is 3.24. The summed E-state index contributed by atoms with van der Waals surface area (Å²) in [5.41, 5.74) is 0.970. The van der Waals surface area contributed by atoms with Gasteiger partial charge in [-0.15, -0.1) is 0 Å². The first-order valence-electron chi connectivity index (χ1n) is 6.87. The molecule has 0 aliphatic carbocycles. The van der Waals surface area contributed by atoms with Crippen LogP contribution in [0.25, 0.3) is 10.8 Å². The molecule has 0 saturated heterocycles. The standard InChI is InChI=1S/C17H18N2O/c1-19-11-10-18-17(19)9-8-16(20)15-7-6-13-4-2-3-5-14(13)12-15/h2-7,10-12,16,20H,8-9H2,1H3. The molecule has 1 atom stereocenters. The van der Waals surface area contributed by atoms with Crippen molar-refractivity contribution < 1.29 is 5.11 Å². The van der Waals surface area contributed by atoms with Crippen LogP contribution in [-0.4, -0.2) is 14.7 Å². The normalized spacial score (nSPS) is 12.7. The lowest BCUT2D eigenvalue weighted by atomic mass is 10.0. The van der Waals surface area contributed by atoms with E-state index in [4.69, 9.17) is 0 Å². The fraction of sp³-hybridized carbons (Fsp3) is 0.235. The van der Waals surface area contributed by atoms with Crippen LogP contribution in [0.5, 0.6) is 0 Å². The molecule has 0 fully saturated rings. The summed E-state index contributed by atoms with van der Waals surface area (Å²) in [4.78, 5) is 4.28. The Hall–Kier alpha value is -2.13. The highest BCUT2D eigenvalue weighted by molar-refractivity contribution is 5.83. The summed E-state index contributed by atoms with van der Waals surface area (Å²) in [6.45, 7) is 0. The van der Waals surface area contributed by atoms with Gasteiger partial charge in [-0.3, -0.25) is 0 Å². The average Bonchev–Trinajstić information content (AvgIpc) is 2.89. The lowest BCUT2D eigenvalue weighted by molar-refractivity contribution is 0.167. The highest BCUT2D eigenvalue weighted by Gasteiger charge is 2.10. The van der Waals surface area contributed by atoms with Gasteiger partial charge in [-0.05, 0) is 28.8 Å². The van der Waals surface area contributed by atoms with Crippen molar-refractivity contribution in [2.24, 2.45) is 7.05 Å². The van der Waals surface area contributed by atoms with E-state index in [1.54, 1.807) is 6.20 Å². The van der Waals surface area contributed by atoms with Crippen LogP contribution >= 0.6 is 0 Å². The Morgan fingerprint density at radius 1 is 1.15 bits per heavy atom. The molecule has 20 heavy (non-hydrogen) atoms. The molecular weight excluding hydrogens is 248 g/mol. The number of nitrogens with zero attached hydrogens (tertiary/aromatic N) is 2. The number of aromatic nitrogens is 2. The number of hydrogen-bond donors (Lipinski definition) is 1. The highest BCUT2D eigenvalue weighted by atomic mass is 16.3. The van der Waals surface area contributed by atoms with Gasteiger partial charge in [0.05, 0.1) is 6.10 Å². The topological polar surface area (TPSA) is 38.0 Å². The molecule has 102 valence electrons. The second-order valence-corrected chi connectivity index (χ2v) is 5.12. The zero-order chi connectivity index (χ0) is 13.9. The second-order valence-electron chi connectivity index (χ2n) is 5.12. The number of hydrogen-bond acceptors (Lipinski definition) is 2. The number of benzene rings is 2. The molecule has 1 unspecified atom stereocenters. The van der Waals surface area contributed by atoms with Crippen LogP contribution in [0.15, 0.2) is 54.9 Å². The van der Waals surface area contributed by atoms with Gasteiger partial charge in [-0.25, -0.2) is 4.98 Å². The molecular formula is C17H18N2O. The zero-order valence-corrected chi connectivity index (χ0v) is 11.5. The second kappa shape index (κ2) is 5.47. The van der Waals surface area contributed by atoms with Crippen molar-refractivity contribution >= 4 is 10.8 Å². The Morgan fingerprint density at radius 3 is 2.70 bits per heavy atom. The molecule has 0 aliphatic heterocycles. The van der Waals surface area contributed by atoms with E-state index in [0.717, 1.165) is 17.8 Å². The molecule has 0 bridgehead atoms. The Morgan fingerprint density at radius 2 is 1.95 bits per heavy atom. The van der Waals surface area contributed by atoms with Crippen molar-refractivity contribution in [3.63, 3.8) is 0 Å². The summed E-state index contributed by atoms with van der Waals surface area (Å²) in [5, 5.41) is 12.7. The molecule has 0 radical (unpaired) electrons. The number of fused-ring (bicyclic) bond motifs is 1. The third-order valence-electron chi connectivity index (χ3n) is 3.72.